The molecule has 3 aromatic rings. The molecule has 0 fully saturated rings. The number of hydrogen-bond acceptors (Lipinski definition) is 5. The number of halogens is 1. The van der Waals surface area contributed by atoms with E-state index in [-0.39, 0.29) is 23.2 Å². The second-order valence-electron chi connectivity index (χ2n) is 8.47. The number of hydrogen-bond donors (Lipinski definition) is 1. The van der Waals surface area contributed by atoms with Crippen molar-refractivity contribution in [3.63, 3.8) is 0 Å². The largest absolute Gasteiger partial charge is 0.452 e. The minimum Gasteiger partial charge on any atom is -0.452 e. The normalized spacial score (nSPS) is 12.4. The Hall–Kier alpha value is -3.97. The molecule has 1 heterocycles. The molecule has 184 valence electrons. The fraction of sp³-hybridized carbons (Fsp3) is 0.214. The quantitative estimate of drug-likeness (QED) is 0.316. The second-order valence-corrected chi connectivity index (χ2v) is 8.88. The van der Waals surface area contributed by atoms with Crippen molar-refractivity contribution < 1.29 is 23.9 Å². The number of anilines is 1. The van der Waals surface area contributed by atoms with Crippen molar-refractivity contribution in [2.45, 2.75) is 32.7 Å². The number of aryl methyl sites for hydroxylation is 1. The van der Waals surface area contributed by atoms with E-state index in [9.17, 15) is 19.2 Å². The van der Waals surface area contributed by atoms with Crippen molar-refractivity contribution >= 4 is 41.0 Å². The first-order valence-corrected chi connectivity index (χ1v) is 12.0. The summed E-state index contributed by atoms with van der Waals surface area (Å²) in [5, 5.41) is 3.14. The summed E-state index contributed by atoms with van der Waals surface area (Å²) in [5.74, 6) is -2.24. The van der Waals surface area contributed by atoms with Crippen LogP contribution in [0.5, 0.6) is 0 Å². The Bertz CT molecular complexity index is 1320. The van der Waals surface area contributed by atoms with Crippen LogP contribution in [-0.2, 0) is 22.5 Å². The third-order valence-corrected chi connectivity index (χ3v) is 6.25. The van der Waals surface area contributed by atoms with Crippen molar-refractivity contribution in [2.75, 3.05) is 11.9 Å². The molecule has 36 heavy (non-hydrogen) atoms. The third kappa shape index (κ3) is 5.63. The van der Waals surface area contributed by atoms with E-state index in [1.807, 2.05) is 24.3 Å². The zero-order valence-corrected chi connectivity index (χ0v) is 20.5. The number of rotatable bonds is 9. The second kappa shape index (κ2) is 11.2. The number of carbonyl (C=O) groups is 4. The maximum atomic E-state index is 12.9. The van der Waals surface area contributed by atoms with E-state index < -0.39 is 30.3 Å². The highest BCUT2D eigenvalue weighted by molar-refractivity contribution is 6.31. The Morgan fingerprint density at radius 3 is 2.39 bits per heavy atom. The highest BCUT2D eigenvalue weighted by Crippen LogP contribution is 2.27. The molecule has 0 aromatic heterocycles. The van der Waals surface area contributed by atoms with E-state index in [0.717, 1.165) is 24.2 Å². The molecule has 1 aliphatic rings. The van der Waals surface area contributed by atoms with Crippen molar-refractivity contribution in [1.82, 2.24) is 4.90 Å². The summed E-state index contributed by atoms with van der Waals surface area (Å²) >= 11 is 6.17. The number of benzene rings is 3. The molecule has 0 bridgehead atoms. The summed E-state index contributed by atoms with van der Waals surface area (Å²) < 4.78 is 5.12. The van der Waals surface area contributed by atoms with Gasteiger partial charge in [-0.15, -0.1) is 0 Å². The predicted molar refractivity (Wildman–Crippen MR) is 136 cm³/mol. The Morgan fingerprint density at radius 2 is 1.67 bits per heavy atom. The number of amides is 3. The van der Waals surface area contributed by atoms with Gasteiger partial charge in [0.05, 0.1) is 23.2 Å². The molecular weight excluding hydrogens is 480 g/mol. The average molecular weight is 505 g/mol. The SMILES string of the molecule is CCCCc1ccc(NC(=O)COC(=O)c2ccc3c(c2)C(=O)N(Cc2ccccc2Cl)C3=O)cc1. The molecular formula is C28H25ClN2O5. The van der Waals surface area contributed by atoms with Gasteiger partial charge in [0.2, 0.25) is 0 Å². The maximum Gasteiger partial charge on any atom is 0.338 e. The Balaban J connectivity index is 1.36. The van der Waals surface area contributed by atoms with Crippen LogP contribution in [0.25, 0.3) is 0 Å². The molecule has 3 aromatic carbocycles. The van der Waals surface area contributed by atoms with Gasteiger partial charge in [0.25, 0.3) is 17.7 Å². The first-order valence-electron chi connectivity index (χ1n) is 11.7. The van der Waals surface area contributed by atoms with Gasteiger partial charge >= 0.3 is 5.97 Å². The number of imide groups is 1. The molecule has 7 nitrogen and oxygen atoms in total. The minimum absolute atomic E-state index is 0.0194. The Labute approximate surface area is 214 Å². The zero-order chi connectivity index (χ0) is 25.7. The molecule has 0 aliphatic carbocycles. The van der Waals surface area contributed by atoms with Crippen LogP contribution in [0.4, 0.5) is 5.69 Å². The smallest absolute Gasteiger partial charge is 0.338 e. The van der Waals surface area contributed by atoms with Crippen molar-refractivity contribution in [1.29, 1.82) is 0 Å². The summed E-state index contributed by atoms with van der Waals surface area (Å²) in [6.07, 6.45) is 3.19. The lowest BCUT2D eigenvalue weighted by Crippen LogP contribution is -2.29. The van der Waals surface area contributed by atoms with Crippen molar-refractivity contribution in [3.05, 3.63) is 99.6 Å². The molecule has 0 atom stereocenters. The number of unbranched alkanes of at least 4 members (excludes halogenated alkanes) is 1. The van der Waals surface area contributed by atoms with E-state index >= 15 is 0 Å². The average Bonchev–Trinajstić information content (AvgIpc) is 3.12. The van der Waals surface area contributed by atoms with Crippen LogP contribution >= 0.6 is 11.6 Å². The molecule has 1 N–H and O–H groups in total. The van der Waals surface area contributed by atoms with Gasteiger partial charge in [-0.1, -0.05) is 55.3 Å². The van der Waals surface area contributed by atoms with Crippen LogP contribution < -0.4 is 5.32 Å². The first kappa shape index (κ1) is 25.1. The van der Waals surface area contributed by atoms with Crippen LogP contribution in [0, 0.1) is 0 Å². The van der Waals surface area contributed by atoms with Crippen LogP contribution in [0.15, 0.2) is 66.7 Å². The molecule has 4 rings (SSSR count). The molecule has 0 radical (unpaired) electrons. The van der Waals surface area contributed by atoms with Crippen LogP contribution in [0.3, 0.4) is 0 Å². The van der Waals surface area contributed by atoms with E-state index in [1.165, 1.54) is 23.8 Å². The Morgan fingerprint density at radius 1 is 0.944 bits per heavy atom. The third-order valence-electron chi connectivity index (χ3n) is 5.88. The predicted octanol–water partition coefficient (Wildman–Crippen LogP) is 5.27. The summed E-state index contributed by atoms with van der Waals surface area (Å²) in [5.41, 5.74) is 2.81. The van der Waals surface area contributed by atoms with E-state index in [1.54, 1.807) is 24.3 Å². The summed E-state index contributed by atoms with van der Waals surface area (Å²) in [4.78, 5) is 51.5. The molecule has 0 unspecified atom stereocenters. The molecule has 8 heteroatoms. The number of ether oxygens (including phenoxy) is 1. The van der Waals surface area contributed by atoms with Gasteiger partial charge in [0.15, 0.2) is 6.61 Å². The zero-order valence-electron chi connectivity index (χ0n) is 19.8. The lowest BCUT2D eigenvalue weighted by atomic mass is 10.1. The van der Waals surface area contributed by atoms with Gasteiger partial charge in [0, 0.05) is 10.7 Å². The lowest BCUT2D eigenvalue weighted by Gasteiger charge is -2.14. The lowest BCUT2D eigenvalue weighted by molar-refractivity contribution is -0.119. The number of nitrogens with zero attached hydrogens (tertiary/aromatic N) is 1. The minimum atomic E-state index is -0.771. The molecule has 0 saturated carbocycles. The monoisotopic (exact) mass is 504 g/mol. The van der Waals surface area contributed by atoms with Crippen LogP contribution in [0.2, 0.25) is 5.02 Å². The van der Waals surface area contributed by atoms with Crippen LogP contribution in [-0.4, -0.2) is 35.2 Å². The first-order chi connectivity index (χ1) is 17.4. The maximum absolute atomic E-state index is 12.9. The molecule has 3 amide bonds. The highest BCUT2D eigenvalue weighted by atomic mass is 35.5. The summed E-state index contributed by atoms with van der Waals surface area (Å²) in [6, 6.07) is 18.6. The van der Waals surface area contributed by atoms with Crippen LogP contribution in [0.1, 0.15) is 62.0 Å². The highest BCUT2D eigenvalue weighted by Gasteiger charge is 2.36. The van der Waals surface area contributed by atoms with E-state index in [0.29, 0.717) is 16.3 Å². The van der Waals surface area contributed by atoms with Gasteiger partial charge in [-0.3, -0.25) is 19.3 Å². The molecule has 0 saturated heterocycles. The fourth-order valence-electron chi connectivity index (χ4n) is 3.91. The van der Waals surface area contributed by atoms with Crippen molar-refractivity contribution in [3.8, 4) is 0 Å². The standard InChI is InChI=1S/C28H25ClN2O5/c1-2-3-6-18-9-12-21(13-10-18)30-25(32)17-36-28(35)19-11-14-22-23(15-19)27(34)31(26(22)33)16-20-7-4-5-8-24(20)29/h4-5,7-15H,2-3,6,16-17H2,1H3,(H,30,32). The number of carbonyl (C=O) groups excluding carboxylic acids is 4. The number of fused-ring (bicyclic) bond motifs is 1. The van der Waals surface area contributed by atoms with Gasteiger partial charge in [-0.2, -0.15) is 0 Å². The van der Waals surface area contributed by atoms with Gasteiger partial charge < -0.3 is 10.1 Å². The van der Waals surface area contributed by atoms with E-state index in [2.05, 4.69) is 12.2 Å². The van der Waals surface area contributed by atoms with Gasteiger partial charge in [-0.25, -0.2) is 4.79 Å². The topological polar surface area (TPSA) is 92.8 Å². The summed E-state index contributed by atoms with van der Waals surface area (Å²) in [6.45, 7) is 1.66. The number of esters is 1. The summed E-state index contributed by atoms with van der Waals surface area (Å²) in [7, 11) is 0. The van der Waals surface area contributed by atoms with E-state index in [4.69, 9.17) is 16.3 Å². The fourth-order valence-corrected chi connectivity index (χ4v) is 4.10. The molecule has 1 aliphatic heterocycles. The van der Waals surface area contributed by atoms with Gasteiger partial charge in [0.1, 0.15) is 0 Å². The Kier molecular flexibility index (Phi) is 7.80. The number of nitrogens with one attached hydrogen (secondary N) is 1. The molecule has 0 spiro atoms. The van der Waals surface area contributed by atoms with Gasteiger partial charge in [-0.05, 0) is 60.4 Å². The van der Waals surface area contributed by atoms with Crippen molar-refractivity contribution in [2.24, 2.45) is 0 Å².